The Morgan fingerprint density at radius 1 is 1.44 bits per heavy atom. The van der Waals surface area contributed by atoms with Gasteiger partial charge in [-0.25, -0.2) is 5.43 Å². The van der Waals surface area contributed by atoms with Gasteiger partial charge in [0.2, 0.25) is 0 Å². The molecule has 0 aliphatic rings. The lowest BCUT2D eigenvalue weighted by Crippen LogP contribution is -2.34. The number of halogens is 1. The van der Waals surface area contributed by atoms with Crippen LogP contribution in [0.2, 0.25) is 0 Å². The van der Waals surface area contributed by atoms with Crippen LogP contribution in [0.1, 0.15) is 23.0 Å². The van der Waals surface area contributed by atoms with Gasteiger partial charge < -0.3 is 19.6 Å². The van der Waals surface area contributed by atoms with Crippen LogP contribution in [-0.4, -0.2) is 36.3 Å². The number of furan rings is 1. The molecule has 1 aromatic carbocycles. The van der Waals surface area contributed by atoms with Gasteiger partial charge in [-0.1, -0.05) is 15.9 Å². The highest BCUT2D eigenvalue weighted by Crippen LogP contribution is 2.32. The molecule has 2 aromatic rings. The molecule has 0 aliphatic carbocycles. The minimum Gasteiger partial charge on any atom is -0.504 e. The third kappa shape index (κ3) is 5.35. The Kier molecular flexibility index (Phi) is 6.58. The predicted octanol–water partition coefficient (Wildman–Crippen LogP) is 2.03. The van der Waals surface area contributed by atoms with Crippen LogP contribution in [-0.2, 0) is 4.79 Å². The Balaban J connectivity index is 1.90. The lowest BCUT2D eigenvalue weighted by Gasteiger charge is -2.08. The molecule has 1 heterocycles. The van der Waals surface area contributed by atoms with Gasteiger partial charge in [-0.15, -0.1) is 0 Å². The first-order valence-corrected chi connectivity index (χ1v) is 8.09. The van der Waals surface area contributed by atoms with Crippen molar-refractivity contribution < 1.29 is 23.8 Å². The number of carbonyl (C=O) groups is 2. The number of benzene rings is 1. The minimum absolute atomic E-state index is 0.0887. The van der Waals surface area contributed by atoms with Crippen molar-refractivity contribution in [1.29, 1.82) is 0 Å². The molecule has 9 heteroatoms. The van der Waals surface area contributed by atoms with Crippen molar-refractivity contribution in [2.75, 3.05) is 13.2 Å². The molecule has 1 aromatic heterocycles. The minimum atomic E-state index is -0.532. The van der Waals surface area contributed by atoms with Crippen LogP contribution in [0.4, 0.5) is 0 Å². The second-order valence-corrected chi connectivity index (χ2v) is 5.64. The summed E-state index contributed by atoms with van der Waals surface area (Å²) in [6.07, 6.45) is 2.63. The average molecular weight is 410 g/mol. The van der Waals surface area contributed by atoms with E-state index in [4.69, 9.17) is 9.15 Å². The lowest BCUT2D eigenvalue weighted by atomic mass is 10.2. The molecule has 0 saturated carbocycles. The molecule has 8 nitrogen and oxygen atoms in total. The molecule has 2 amide bonds. The van der Waals surface area contributed by atoms with Gasteiger partial charge >= 0.3 is 0 Å². The summed E-state index contributed by atoms with van der Waals surface area (Å²) in [4.78, 5) is 23.3. The highest BCUT2D eigenvalue weighted by Gasteiger charge is 2.11. The molecule has 2 rings (SSSR count). The van der Waals surface area contributed by atoms with E-state index in [0.29, 0.717) is 22.4 Å². The quantitative estimate of drug-likeness (QED) is 0.478. The number of hydrazone groups is 1. The summed E-state index contributed by atoms with van der Waals surface area (Å²) in [5.41, 5.74) is 2.61. The van der Waals surface area contributed by atoms with E-state index in [0.717, 1.165) is 0 Å². The summed E-state index contributed by atoms with van der Waals surface area (Å²) in [5.74, 6) is -0.714. The molecule has 0 atom stereocenters. The number of hydrogen-bond acceptors (Lipinski definition) is 6. The smallest absolute Gasteiger partial charge is 0.287 e. The summed E-state index contributed by atoms with van der Waals surface area (Å²) < 4.78 is 10.9. The fourth-order valence-corrected chi connectivity index (χ4v) is 2.28. The highest BCUT2D eigenvalue weighted by molar-refractivity contribution is 9.10. The second-order valence-electron chi connectivity index (χ2n) is 4.73. The van der Waals surface area contributed by atoms with Gasteiger partial charge in [0.05, 0.1) is 25.6 Å². The zero-order valence-electron chi connectivity index (χ0n) is 13.3. The van der Waals surface area contributed by atoms with E-state index in [1.165, 1.54) is 18.5 Å². The second kappa shape index (κ2) is 8.88. The van der Waals surface area contributed by atoms with Crippen LogP contribution in [0.5, 0.6) is 11.5 Å². The van der Waals surface area contributed by atoms with Gasteiger partial charge in [0.15, 0.2) is 17.3 Å². The number of hydrogen-bond donors (Lipinski definition) is 3. The molecule has 3 N–H and O–H groups in total. The third-order valence-corrected chi connectivity index (χ3v) is 3.37. The maximum absolute atomic E-state index is 11.7. The monoisotopic (exact) mass is 409 g/mol. The zero-order chi connectivity index (χ0) is 18.2. The number of ether oxygens (including phenoxy) is 1. The Morgan fingerprint density at radius 3 is 2.92 bits per heavy atom. The largest absolute Gasteiger partial charge is 0.504 e. The van der Waals surface area contributed by atoms with Crippen molar-refractivity contribution in [3.05, 3.63) is 46.3 Å². The van der Waals surface area contributed by atoms with E-state index >= 15 is 0 Å². The van der Waals surface area contributed by atoms with E-state index in [1.54, 1.807) is 25.1 Å². The number of phenolic OH excluding ortho intramolecular Hbond substituents is 1. The number of aromatic hydroxyl groups is 1. The van der Waals surface area contributed by atoms with Gasteiger partial charge in [0.1, 0.15) is 0 Å². The van der Waals surface area contributed by atoms with Crippen molar-refractivity contribution in [3.63, 3.8) is 0 Å². The lowest BCUT2D eigenvalue weighted by molar-refractivity contribution is -0.120. The molecule has 0 unspecified atom stereocenters. The first kappa shape index (κ1) is 18.5. The first-order valence-electron chi connectivity index (χ1n) is 7.30. The maximum Gasteiger partial charge on any atom is 0.287 e. The number of nitrogens with one attached hydrogen (secondary N) is 2. The predicted molar refractivity (Wildman–Crippen MR) is 93.8 cm³/mol. The van der Waals surface area contributed by atoms with Gasteiger partial charge in [0, 0.05) is 10.0 Å². The average Bonchev–Trinajstić information content (AvgIpc) is 3.11. The molecule has 0 fully saturated rings. The van der Waals surface area contributed by atoms with Crippen molar-refractivity contribution in [1.82, 2.24) is 10.7 Å². The van der Waals surface area contributed by atoms with E-state index < -0.39 is 11.8 Å². The SMILES string of the molecule is CCOc1cc(Br)cc(/C=N/NC(=O)CNC(=O)c2ccco2)c1O. The number of rotatable bonds is 7. The molecular formula is C16H16BrN3O5. The Labute approximate surface area is 152 Å². The van der Waals surface area contributed by atoms with E-state index in [9.17, 15) is 14.7 Å². The van der Waals surface area contributed by atoms with Gasteiger partial charge in [-0.2, -0.15) is 5.10 Å². The van der Waals surface area contributed by atoms with Crippen molar-refractivity contribution in [2.24, 2.45) is 5.10 Å². The third-order valence-electron chi connectivity index (χ3n) is 2.92. The van der Waals surface area contributed by atoms with E-state index in [-0.39, 0.29) is 18.1 Å². The molecule has 0 aliphatic heterocycles. The standard InChI is InChI=1S/C16H16BrN3O5/c1-2-24-13-7-11(17)6-10(15(13)22)8-19-20-14(21)9-18-16(23)12-4-3-5-25-12/h3-8,22H,2,9H2,1H3,(H,18,23)(H,20,21)/b19-8+. The van der Waals surface area contributed by atoms with Gasteiger partial charge in [-0.3, -0.25) is 9.59 Å². The molecule has 0 saturated heterocycles. The number of carbonyl (C=O) groups excluding carboxylic acids is 2. The van der Waals surface area contributed by atoms with Crippen LogP contribution in [0.15, 0.2) is 44.5 Å². The summed E-state index contributed by atoms with van der Waals surface area (Å²) in [6.45, 7) is 1.92. The van der Waals surface area contributed by atoms with E-state index in [1.807, 2.05) is 0 Å². The fourth-order valence-electron chi connectivity index (χ4n) is 1.83. The molecule has 25 heavy (non-hydrogen) atoms. The molecule has 0 bridgehead atoms. The van der Waals surface area contributed by atoms with Crippen LogP contribution < -0.4 is 15.5 Å². The summed E-state index contributed by atoms with van der Waals surface area (Å²) in [6, 6.07) is 6.29. The van der Waals surface area contributed by atoms with Gasteiger partial charge in [0.25, 0.3) is 11.8 Å². The number of amides is 2. The van der Waals surface area contributed by atoms with Crippen LogP contribution in [0.25, 0.3) is 0 Å². The zero-order valence-corrected chi connectivity index (χ0v) is 14.9. The van der Waals surface area contributed by atoms with E-state index in [2.05, 4.69) is 31.8 Å². The normalized spacial score (nSPS) is 10.6. The Hall–Kier alpha value is -2.81. The van der Waals surface area contributed by atoms with Crippen LogP contribution >= 0.6 is 15.9 Å². The summed E-state index contributed by atoms with van der Waals surface area (Å²) in [5, 5.41) is 16.2. The topological polar surface area (TPSA) is 113 Å². The molecule has 0 radical (unpaired) electrons. The maximum atomic E-state index is 11.7. The van der Waals surface area contributed by atoms with Crippen LogP contribution in [0.3, 0.4) is 0 Å². The molecule has 132 valence electrons. The highest BCUT2D eigenvalue weighted by atomic mass is 79.9. The Morgan fingerprint density at radius 2 is 2.24 bits per heavy atom. The Bertz CT molecular complexity index is 774. The number of phenols is 1. The van der Waals surface area contributed by atoms with Crippen LogP contribution in [0, 0.1) is 0 Å². The van der Waals surface area contributed by atoms with Gasteiger partial charge in [-0.05, 0) is 31.2 Å². The summed E-state index contributed by atoms with van der Waals surface area (Å²) in [7, 11) is 0. The number of nitrogens with zero attached hydrogens (tertiary/aromatic N) is 1. The first-order chi connectivity index (χ1) is 12.0. The fraction of sp³-hybridized carbons (Fsp3) is 0.188. The molecule has 0 spiro atoms. The van der Waals surface area contributed by atoms with Crippen molar-refractivity contribution >= 4 is 34.0 Å². The van der Waals surface area contributed by atoms with Crippen molar-refractivity contribution in [3.8, 4) is 11.5 Å². The van der Waals surface area contributed by atoms with Crippen molar-refractivity contribution in [2.45, 2.75) is 6.92 Å². The summed E-state index contributed by atoms with van der Waals surface area (Å²) >= 11 is 3.30. The molecular weight excluding hydrogens is 394 g/mol.